The van der Waals surface area contributed by atoms with Crippen molar-refractivity contribution in [3.05, 3.63) is 29.3 Å². The van der Waals surface area contributed by atoms with Crippen molar-refractivity contribution in [3.63, 3.8) is 0 Å². The Morgan fingerprint density at radius 3 is 2.39 bits per heavy atom. The SMILES string of the molecule is CCNC(c1ccc(OC)cc1C)C(C)(C)CC. The second kappa shape index (κ2) is 6.24. The molecule has 0 aliphatic rings. The third-order valence-corrected chi connectivity index (χ3v) is 3.89. The van der Waals surface area contributed by atoms with E-state index in [4.69, 9.17) is 4.74 Å². The molecule has 1 unspecified atom stereocenters. The third-order valence-electron chi connectivity index (χ3n) is 3.89. The summed E-state index contributed by atoms with van der Waals surface area (Å²) in [5.74, 6) is 0.931. The van der Waals surface area contributed by atoms with Gasteiger partial charge in [0, 0.05) is 6.04 Å². The summed E-state index contributed by atoms with van der Waals surface area (Å²) in [5.41, 5.74) is 2.92. The van der Waals surface area contributed by atoms with Crippen LogP contribution in [-0.2, 0) is 0 Å². The molecule has 18 heavy (non-hydrogen) atoms. The summed E-state index contributed by atoms with van der Waals surface area (Å²) in [4.78, 5) is 0. The van der Waals surface area contributed by atoms with Crippen molar-refractivity contribution in [2.75, 3.05) is 13.7 Å². The standard InChI is InChI=1S/C16H27NO/c1-7-16(4,5)15(17-8-2)14-10-9-13(18-6)11-12(14)3/h9-11,15,17H,7-8H2,1-6H3. The van der Waals surface area contributed by atoms with E-state index < -0.39 is 0 Å². The molecule has 1 atom stereocenters. The molecular weight excluding hydrogens is 222 g/mol. The monoisotopic (exact) mass is 249 g/mol. The van der Waals surface area contributed by atoms with Gasteiger partial charge in [0.25, 0.3) is 0 Å². The maximum Gasteiger partial charge on any atom is 0.119 e. The number of ether oxygens (including phenoxy) is 1. The zero-order valence-corrected chi connectivity index (χ0v) is 12.6. The van der Waals surface area contributed by atoms with Crippen LogP contribution in [0.1, 0.15) is 51.3 Å². The Balaban J connectivity index is 3.13. The highest BCUT2D eigenvalue weighted by Crippen LogP contribution is 2.38. The normalized spacial score (nSPS) is 13.4. The van der Waals surface area contributed by atoms with Crippen molar-refractivity contribution in [3.8, 4) is 5.75 Å². The molecule has 1 rings (SSSR count). The minimum absolute atomic E-state index is 0.245. The molecule has 1 aromatic carbocycles. The van der Waals surface area contributed by atoms with Gasteiger partial charge in [0.15, 0.2) is 0 Å². The van der Waals surface area contributed by atoms with Crippen molar-refractivity contribution in [2.45, 2.75) is 47.1 Å². The smallest absolute Gasteiger partial charge is 0.119 e. The van der Waals surface area contributed by atoms with Gasteiger partial charge >= 0.3 is 0 Å². The molecule has 0 radical (unpaired) electrons. The summed E-state index contributed by atoms with van der Waals surface area (Å²) in [7, 11) is 1.71. The molecule has 0 saturated heterocycles. The van der Waals surface area contributed by atoms with Crippen LogP contribution in [-0.4, -0.2) is 13.7 Å². The van der Waals surface area contributed by atoms with Crippen LogP contribution in [0.2, 0.25) is 0 Å². The van der Waals surface area contributed by atoms with Crippen LogP contribution in [0.15, 0.2) is 18.2 Å². The zero-order chi connectivity index (χ0) is 13.8. The third kappa shape index (κ3) is 3.26. The summed E-state index contributed by atoms with van der Waals surface area (Å²) < 4.78 is 5.28. The Kier molecular flexibility index (Phi) is 5.21. The Hall–Kier alpha value is -1.02. The van der Waals surface area contributed by atoms with Crippen LogP contribution in [0, 0.1) is 12.3 Å². The quantitative estimate of drug-likeness (QED) is 0.820. The van der Waals surface area contributed by atoms with E-state index in [1.54, 1.807) is 7.11 Å². The van der Waals surface area contributed by atoms with Gasteiger partial charge in [0.1, 0.15) is 5.75 Å². The second-order valence-electron chi connectivity index (χ2n) is 5.56. The van der Waals surface area contributed by atoms with E-state index in [2.05, 4.69) is 58.1 Å². The molecule has 0 fully saturated rings. The van der Waals surface area contributed by atoms with Crippen LogP contribution in [0.5, 0.6) is 5.75 Å². The van der Waals surface area contributed by atoms with Crippen molar-refractivity contribution in [1.82, 2.24) is 5.32 Å². The molecule has 1 N–H and O–H groups in total. The predicted octanol–water partition coefficient (Wildman–Crippen LogP) is 4.09. The molecule has 0 aliphatic carbocycles. The lowest BCUT2D eigenvalue weighted by Gasteiger charge is -2.35. The van der Waals surface area contributed by atoms with Crippen molar-refractivity contribution in [1.29, 1.82) is 0 Å². The summed E-state index contributed by atoms with van der Waals surface area (Å²) >= 11 is 0. The fourth-order valence-corrected chi connectivity index (χ4v) is 2.31. The molecule has 0 amide bonds. The summed E-state index contributed by atoms with van der Waals surface area (Å²) in [6.45, 7) is 12.2. The van der Waals surface area contributed by atoms with Gasteiger partial charge in [-0.1, -0.05) is 33.8 Å². The van der Waals surface area contributed by atoms with Gasteiger partial charge < -0.3 is 10.1 Å². The minimum atomic E-state index is 0.245. The predicted molar refractivity (Wildman–Crippen MR) is 78.2 cm³/mol. The van der Waals surface area contributed by atoms with Gasteiger partial charge in [-0.25, -0.2) is 0 Å². The highest BCUT2D eigenvalue weighted by molar-refractivity contribution is 5.37. The van der Waals surface area contributed by atoms with E-state index in [1.165, 1.54) is 11.1 Å². The number of rotatable bonds is 6. The number of benzene rings is 1. The Morgan fingerprint density at radius 2 is 1.94 bits per heavy atom. The maximum absolute atomic E-state index is 5.28. The summed E-state index contributed by atoms with van der Waals surface area (Å²) in [5, 5.41) is 3.63. The molecule has 1 aromatic rings. The Morgan fingerprint density at radius 1 is 1.28 bits per heavy atom. The Bertz CT molecular complexity index is 385. The number of hydrogen-bond acceptors (Lipinski definition) is 2. The van der Waals surface area contributed by atoms with E-state index >= 15 is 0 Å². The minimum Gasteiger partial charge on any atom is -0.497 e. The first-order valence-electron chi connectivity index (χ1n) is 6.84. The number of hydrogen-bond donors (Lipinski definition) is 1. The van der Waals surface area contributed by atoms with Crippen LogP contribution < -0.4 is 10.1 Å². The lowest BCUT2D eigenvalue weighted by Crippen LogP contribution is -2.34. The fourth-order valence-electron chi connectivity index (χ4n) is 2.31. The molecule has 0 aromatic heterocycles. The molecule has 102 valence electrons. The van der Waals surface area contributed by atoms with E-state index in [1.807, 2.05) is 0 Å². The first-order chi connectivity index (χ1) is 8.46. The van der Waals surface area contributed by atoms with E-state index in [0.29, 0.717) is 6.04 Å². The lowest BCUT2D eigenvalue weighted by atomic mass is 9.77. The van der Waals surface area contributed by atoms with Crippen LogP contribution in [0.3, 0.4) is 0 Å². The van der Waals surface area contributed by atoms with E-state index in [-0.39, 0.29) is 5.41 Å². The molecular formula is C16H27NO. The topological polar surface area (TPSA) is 21.3 Å². The molecule has 0 bridgehead atoms. The molecule has 0 heterocycles. The van der Waals surface area contributed by atoms with Gasteiger partial charge in [0.2, 0.25) is 0 Å². The molecule has 0 saturated carbocycles. The zero-order valence-electron chi connectivity index (χ0n) is 12.6. The van der Waals surface area contributed by atoms with Crippen molar-refractivity contribution < 1.29 is 4.74 Å². The fraction of sp³-hybridized carbons (Fsp3) is 0.625. The van der Waals surface area contributed by atoms with Gasteiger partial charge in [-0.15, -0.1) is 0 Å². The van der Waals surface area contributed by atoms with Crippen LogP contribution in [0.4, 0.5) is 0 Å². The first kappa shape index (κ1) is 15.0. The first-order valence-corrected chi connectivity index (χ1v) is 6.84. The van der Waals surface area contributed by atoms with Gasteiger partial charge in [-0.05, 0) is 48.6 Å². The molecule has 0 aliphatic heterocycles. The van der Waals surface area contributed by atoms with Gasteiger partial charge in [0.05, 0.1) is 7.11 Å². The Labute approximate surface area is 112 Å². The molecule has 2 heteroatoms. The highest BCUT2D eigenvalue weighted by Gasteiger charge is 2.29. The maximum atomic E-state index is 5.28. The summed E-state index contributed by atoms with van der Waals surface area (Å²) in [6.07, 6.45) is 1.15. The van der Waals surface area contributed by atoms with Gasteiger partial charge in [-0.3, -0.25) is 0 Å². The summed E-state index contributed by atoms with van der Waals surface area (Å²) in [6, 6.07) is 6.75. The highest BCUT2D eigenvalue weighted by atomic mass is 16.5. The molecule has 2 nitrogen and oxygen atoms in total. The second-order valence-corrected chi connectivity index (χ2v) is 5.56. The van der Waals surface area contributed by atoms with Crippen LogP contribution in [0.25, 0.3) is 0 Å². The van der Waals surface area contributed by atoms with Crippen molar-refractivity contribution in [2.24, 2.45) is 5.41 Å². The average molecular weight is 249 g/mol. The lowest BCUT2D eigenvalue weighted by molar-refractivity contribution is 0.236. The largest absolute Gasteiger partial charge is 0.497 e. The van der Waals surface area contributed by atoms with E-state index in [0.717, 1.165) is 18.7 Å². The van der Waals surface area contributed by atoms with Crippen molar-refractivity contribution >= 4 is 0 Å². The number of aryl methyl sites for hydroxylation is 1. The van der Waals surface area contributed by atoms with E-state index in [9.17, 15) is 0 Å². The van der Waals surface area contributed by atoms with Crippen LogP contribution >= 0.6 is 0 Å². The number of methoxy groups -OCH3 is 1. The molecule has 0 spiro atoms. The number of nitrogens with one attached hydrogen (secondary N) is 1. The average Bonchev–Trinajstić information content (AvgIpc) is 2.36. The van der Waals surface area contributed by atoms with Gasteiger partial charge in [-0.2, -0.15) is 0 Å².